The van der Waals surface area contributed by atoms with Gasteiger partial charge in [0.05, 0.1) is 24.8 Å². The van der Waals surface area contributed by atoms with Gasteiger partial charge in [-0.2, -0.15) is 0 Å². The molecule has 0 aliphatic heterocycles. The van der Waals surface area contributed by atoms with Crippen LogP contribution in [0.15, 0.2) is 77.7 Å². The van der Waals surface area contributed by atoms with Crippen LogP contribution in [0.4, 0.5) is 5.69 Å². The van der Waals surface area contributed by atoms with E-state index in [1.165, 1.54) is 37.3 Å². The third-order valence-electron chi connectivity index (χ3n) is 6.30. The smallest absolute Gasteiger partial charge is 0.264 e. The summed E-state index contributed by atoms with van der Waals surface area (Å²) < 4.78 is 39.8. The summed E-state index contributed by atoms with van der Waals surface area (Å²) in [6.45, 7) is 3.34. The molecule has 0 aliphatic rings. The van der Waals surface area contributed by atoms with E-state index in [1.54, 1.807) is 68.4 Å². The number of sulfonamides is 1. The lowest BCUT2D eigenvalue weighted by Gasteiger charge is -2.33. The summed E-state index contributed by atoms with van der Waals surface area (Å²) in [6, 6.07) is 18.6. The minimum atomic E-state index is -4.26. The van der Waals surface area contributed by atoms with Crippen LogP contribution in [-0.4, -0.2) is 58.5 Å². The number of benzene rings is 3. The first-order valence-corrected chi connectivity index (χ1v) is 14.6. The number of carbonyl (C=O) groups excluding carboxylic acids is 2. The Hall–Kier alpha value is -3.76. The summed E-state index contributed by atoms with van der Waals surface area (Å²) in [7, 11) is -1.40. The lowest BCUT2D eigenvalue weighted by atomic mass is 10.1. The summed E-state index contributed by atoms with van der Waals surface area (Å²) in [4.78, 5) is 28.5. The highest BCUT2D eigenvalue weighted by Gasteiger charge is 2.35. The van der Waals surface area contributed by atoms with Gasteiger partial charge < -0.3 is 19.7 Å². The van der Waals surface area contributed by atoms with Crippen LogP contribution < -0.4 is 19.1 Å². The number of hydrogen-bond donors (Lipinski definition) is 1. The van der Waals surface area contributed by atoms with Gasteiger partial charge in [0.15, 0.2) is 0 Å². The second-order valence-corrected chi connectivity index (χ2v) is 11.1. The molecule has 3 aromatic carbocycles. The maximum Gasteiger partial charge on any atom is 0.264 e. The van der Waals surface area contributed by atoms with Crippen LogP contribution in [0.3, 0.4) is 0 Å². The Morgan fingerprint density at radius 1 is 0.950 bits per heavy atom. The quantitative estimate of drug-likeness (QED) is 0.316. The van der Waals surface area contributed by atoms with Crippen molar-refractivity contribution in [1.29, 1.82) is 0 Å². The zero-order chi connectivity index (χ0) is 29.3. The largest absolute Gasteiger partial charge is 0.497 e. The van der Waals surface area contributed by atoms with E-state index in [-0.39, 0.29) is 28.8 Å². The number of likely N-dealkylation sites (N-methyl/N-ethyl adjacent to an activating group) is 1. The fraction of sp³-hybridized carbons (Fsp3) is 0.310. The average molecular weight is 588 g/mol. The fourth-order valence-electron chi connectivity index (χ4n) is 4.25. The zero-order valence-electron chi connectivity index (χ0n) is 23.0. The highest BCUT2D eigenvalue weighted by molar-refractivity contribution is 7.92. The molecule has 3 rings (SSSR count). The Bertz CT molecular complexity index is 1420. The van der Waals surface area contributed by atoms with Crippen molar-refractivity contribution in [2.24, 2.45) is 0 Å². The van der Waals surface area contributed by atoms with Crippen LogP contribution in [-0.2, 0) is 26.2 Å². The predicted molar refractivity (Wildman–Crippen MR) is 155 cm³/mol. The molecule has 1 atom stereocenters. The Morgan fingerprint density at radius 2 is 1.62 bits per heavy atom. The van der Waals surface area contributed by atoms with E-state index in [0.717, 1.165) is 4.31 Å². The Morgan fingerprint density at radius 3 is 2.23 bits per heavy atom. The number of hydrogen-bond acceptors (Lipinski definition) is 6. The highest BCUT2D eigenvalue weighted by atomic mass is 35.5. The van der Waals surface area contributed by atoms with Crippen molar-refractivity contribution >= 4 is 39.1 Å². The first-order chi connectivity index (χ1) is 19.2. The number of methoxy groups -OCH3 is 2. The first kappa shape index (κ1) is 30.8. The van der Waals surface area contributed by atoms with Crippen molar-refractivity contribution < 1.29 is 27.5 Å². The molecule has 0 aromatic heterocycles. The molecule has 0 aliphatic carbocycles. The molecular formula is C29H34ClN3O6S. The molecule has 0 fully saturated rings. The highest BCUT2D eigenvalue weighted by Crippen LogP contribution is 2.36. The zero-order valence-corrected chi connectivity index (χ0v) is 24.5. The molecule has 0 spiro atoms. The molecule has 40 heavy (non-hydrogen) atoms. The molecule has 0 unspecified atom stereocenters. The minimum absolute atomic E-state index is 0.00260. The number of carbonyl (C=O) groups is 2. The van der Waals surface area contributed by atoms with Crippen LogP contribution in [0, 0.1) is 0 Å². The lowest BCUT2D eigenvalue weighted by Crippen LogP contribution is -2.52. The van der Waals surface area contributed by atoms with Crippen LogP contribution in [0.25, 0.3) is 0 Å². The summed E-state index contributed by atoms with van der Waals surface area (Å²) in [6.07, 6.45) is 0.302. The van der Waals surface area contributed by atoms with Crippen molar-refractivity contribution in [3.05, 3.63) is 83.4 Å². The Kier molecular flexibility index (Phi) is 10.8. The standard InChI is InChI=1S/C29H34ClN3O6S/c1-5-25(29(35)31-6-2)32(19-21-12-10-11-15-24(21)30)28(34)20-33(40(36,37)23-13-8-7-9-14-23)26-18-22(38-3)16-17-27(26)39-4/h7-18,25H,5-6,19-20H2,1-4H3,(H,31,35)/t25-/m0/s1. The average Bonchev–Trinajstić information content (AvgIpc) is 2.96. The number of ether oxygens (including phenoxy) is 2. The van der Waals surface area contributed by atoms with Crippen molar-refractivity contribution in [3.63, 3.8) is 0 Å². The van der Waals surface area contributed by atoms with Crippen LogP contribution in [0.1, 0.15) is 25.8 Å². The third-order valence-corrected chi connectivity index (χ3v) is 8.44. The van der Waals surface area contributed by atoms with E-state index in [4.69, 9.17) is 21.1 Å². The second kappa shape index (κ2) is 14.0. The molecule has 11 heteroatoms. The summed E-state index contributed by atoms with van der Waals surface area (Å²) in [5.74, 6) is -0.344. The van der Waals surface area contributed by atoms with Crippen LogP contribution in [0.5, 0.6) is 11.5 Å². The van der Waals surface area contributed by atoms with Gasteiger partial charge in [-0.15, -0.1) is 0 Å². The van der Waals surface area contributed by atoms with Crippen molar-refractivity contribution in [2.75, 3.05) is 31.6 Å². The first-order valence-electron chi connectivity index (χ1n) is 12.8. The maximum atomic E-state index is 14.1. The van der Waals surface area contributed by atoms with Crippen molar-refractivity contribution in [1.82, 2.24) is 10.2 Å². The lowest BCUT2D eigenvalue weighted by molar-refractivity contribution is -0.140. The molecule has 214 valence electrons. The minimum Gasteiger partial charge on any atom is -0.497 e. The number of amides is 2. The topological polar surface area (TPSA) is 105 Å². The molecule has 0 saturated carbocycles. The molecule has 9 nitrogen and oxygen atoms in total. The number of halogens is 1. The number of rotatable bonds is 13. The van der Waals surface area contributed by atoms with Crippen molar-refractivity contribution in [3.8, 4) is 11.5 Å². The third kappa shape index (κ3) is 7.05. The van der Waals surface area contributed by atoms with E-state index < -0.39 is 28.5 Å². The number of nitrogens with one attached hydrogen (secondary N) is 1. The number of nitrogens with zero attached hydrogens (tertiary/aromatic N) is 2. The predicted octanol–water partition coefficient (Wildman–Crippen LogP) is 4.50. The molecular weight excluding hydrogens is 554 g/mol. The maximum absolute atomic E-state index is 14.1. The molecule has 0 heterocycles. The second-order valence-electron chi connectivity index (χ2n) is 8.79. The van der Waals surface area contributed by atoms with Gasteiger partial charge in [-0.3, -0.25) is 13.9 Å². The Balaban J connectivity index is 2.15. The summed E-state index contributed by atoms with van der Waals surface area (Å²) in [5, 5.41) is 3.20. The van der Waals surface area contributed by atoms with Gasteiger partial charge >= 0.3 is 0 Å². The fourth-order valence-corrected chi connectivity index (χ4v) is 5.88. The van der Waals surface area contributed by atoms with Gasteiger partial charge in [0.2, 0.25) is 11.8 Å². The normalized spacial score (nSPS) is 11.8. The molecule has 2 amide bonds. The summed E-state index contributed by atoms with van der Waals surface area (Å²) in [5.41, 5.74) is 0.736. The van der Waals surface area contributed by atoms with Gasteiger partial charge in [0.1, 0.15) is 24.1 Å². The Labute approximate surface area is 240 Å². The molecule has 0 radical (unpaired) electrons. The van der Waals surface area contributed by atoms with E-state index in [2.05, 4.69) is 5.32 Å². The molecule has 0 saturated heterocycles. The van der Waals surface area contributed by atoms with E-state index in [0.29, 0.717) is 29.3 Å². The van der Waals surface area contributed by atoms with Gasteiger partial charge in [-0.05, 0) is 49.2 Å². The van der Waals surface area contributed by atoms with Gasteiger partial charge in [-0.1, -0.05) is 54.9 Å². The van der Waals surface area contributed by atoms with E-state index in [9.17, 15) is 18.0 Å². The van der Waals surface area contributed by atoms with Gasteiger partial charge in [0, 0.05) is 24.2 Å². The number of anilines is 1. The van der Waals surface area contributed by atoms with Gasteiger partial charge in [0.25, 0.3) is 10.0 Å². The molecule has 3 aromatic rings. The van der Waals surface area contributed by atoms with Crippen molar-refractivity contribution in [2.45, 2.75) is 37.8 Å². The van der Waals surface area contributed by atoms with Crippen LogP contribution in [0.2, 0.25) is 5.02 Å². The summed E-state index contributed by atoms with van der Waals surface area (Å²) >= 11 is 6.41. The van der Waals surface area contributed by atoms with Crippen LogP contribution >= 0.6 is 11.6 Å². The SMILES string of the molecule is CCNC(=O)[C@H](CC)N(Cc1ccccc1Cl)C(=O)CN(c1cc(OC)ccc1OC)S(=O)(=O)c1ccccc1. The monoisotopic (exact) mass is 587 g/mol. The van der Waals surface area contributed by atoms with E-state index in [1.807, 2.05) is 0 Å². The molecule has 1 N–H and O–H groups in total. The molecule has 0 bridgehead atoms. The van der Waals surface area contributed by atoms with Gasteiger partial charge in [-0.25, -0.2) is 8.42 Å². The van der Waals surface area contributed by atoms with E-state index >= 15 is 0 Å².